The second-order valence-corrected chi connectivity index (χ2v) is 4.14. The summed E-state index contributed by atoms with van der Waals surface area (Å²) >= 11 is 0. The maximum Gasteiger partial charge on any atom is 0.0985 e. The van der Waals surface area contributed by atoms with Gasteiger partial charge in [-0.2, -0.15) is 5.10 Å². The summed E-state index contributed by atoms with van der Waals surface area (Å²) in [6.07, 6.45) is 1.33. The Balaban J connectivity index is 2.06. The van der Waals surface area contributed by atoms with Crippen LogP contribution in [-0.2, 0) is 13.1 Å². The van der Waals surface area contributed by atoms with Crippen LogP contribution in [0.5, 0.6) is 0 Å². The first-order valence-electron chi connectivity index (χ1n) is 5.66. The molecule has 0 spiro atoms. The molecule has 0 aliphatic rings. The third kappa shape index (κ3) is 2.93. The Hall–Kier alpha value is -1.65. The first-order chi connectivity index (χ1) is 8.19. The van der Waals surface area contributed by atoms with Crippen LogP contribution in [0.4, 0.5) is 0 Å². The van der Waals surface area contributed by atoms with Crippen molar-refractivity contribution in [2.75, 3.05) is 0 Å². The van der Waals surface area contributed by atoms with Crippen molar-refractivity contribution >= 4 is 0 Å². The van der Waals surface area contributed by atoms with Crippen molar-refractivity contribution in [2.45, 2.75) is 26.1 Å². The van der Waals surface area contributed by atoms with Gasteiger partial charge in [0.15, 0.2) is 0 Å². The molecule has 1 heterocycles. The van der Waals surface area contributed by atoms with Gasteiger partial charge in [-0.1, -0.05) is 24.3 Å². The summed E-state index contributed by atoms with van der Waals surface area (Å²) in [5, 5.41) is 14.3. The molecule has 1 aromatic heterocycles. The average Bonchev–Trinajstić information content (AvgIpc) is 2.75. The third-order valence-electron chi connectivity index (χ3n) is 2.73. The van der Waals surface area contributed by atoms with E-state index in [-0.39, 0.29) is 0 Å². The second-order valence-electron chi connectivity index (χ2n) is 4.14. The number of benzene rings is 1. The number of hydrogen-bond acceptors (Lipinski definition) is 3. The van der Waals surface area contributed by atoms with E-state index in [0.29, 0.717) is 13.1 Å². The highest BCUT2D eigenvalue weighted by atomic mass is 16.3. The van der Waals surface area contributed by atoms with Crippen molar-refractivity contribution in [1.82, 2.24) is 9.78 Å². The monoisotopic (exact) mass is 231 g/mol. The van der Waals surface area contributed by atoms with Gasteiger partial charge in [0, 0.05) is 12.7 Å². The standard InChI is InChI=1S/C13H17N3O/c1-10-6-7-16(15-10)9-13(17)12-4-2-11(8-14)3-5-12/h2-7,13,17H,8-9,14H2,1H3. The van der Waals surface area contributed by atoms with Crippen molar-refractivity contribution < 1.29 is 5.11 Å². The number of aromatic nitrogens is 2. The molecule has 0 radical (unpaired) electrons. The van der Waals surface area contributed by atoms with E-state index in [9.17, 15) is 5.11 Å². The van der Waals surface area contributed by atoms with Crippen molar-refractivity contribution in [3.8, 4) is 0 Å². The molecular formula is C13H17N3O. The Morgan fingerprint density at radius 1 is 1.29 bits per heavy atom. The minimum atomic E-state index is -0.541. The van der Waals surface area contributed by atoms with Gasteiger partial charge in [0.05, 0.1) is 18.3 Å². The molecule has 0 fully saturated rings. The fourth-order valence-electron chi connectivity index (χ4n) is 1.72. The van der Waals surface area contributed by atoms with E-state index >= 15 is 0 Å². The lowest BCUT2D eigenvalue weighted by Crippen LogP contribution is -2.09. The zero-order valence-electron chi connectivity index (χ0n) is 9.87. The van der Waals surface area contributed by atoms with Crippen LogP contribution in [-0.4, -0.2) is 14.9 Å². The molecule has 0 aliphatic heterocycles. The van der Waals surface area contributed by atoms with Gasteiger partial charge in [0.25, 0.3) is 0 Å². The van der Waals surface area contributed by atoms with E-state index < -0.39 is 6.10 Å². The van der Waals surface area contributed by atoms with Gasteiger partial charge in [0.2, 0.25) is 0 Å². The molecule has 0 aliphatic carbocycles. The van der Waals surface area contributed by atoms with Gasteiger partial charge >= 0.3 is 0 Å². The lowest BCUT2D eigenvalue weighted by Gasteiger charge is -2.11. The second kappa shape index (κ2) is 5.12. The first-order valence-corrected chi connectivity index (χ1v) is 5.66. The van der Waals surface area contributed by atoms with Crippen LogP contribution in [0.1, 0.15) is 22.9 Å². The van der Waals surface area contributed by atoms with Gasteiger partial charge in [-0.15, -0.1) is 0 Å². The highest BCUT2D eigenvalue weighted by molar-refractivity contribution is 5.23. The molecule has 3 N–H and O–H groups in total. The largest absolute Gasteiger partial charge is 0.386 e. The van der Waals surface area contributed by atoms with Crippen LogP contribution in [0, 0.1) is 6.92 Å². The maximum atomic E-state index is 10.1. The summed E-state index contributed by atoms with van der Waals surface area (Å²) in [6.45, 7) is 2.92. The normalized spacial score (nSPS) is 12.6. The molecule has 4 heteroatoms. The highest BCUT2D eigenvalue weighted by Crippen LogP contribution is 2.15. The van der Waals surface area contributed by atoms with Crippen molar-refractivity contribution in [3.05, 3.63) is 53.3 Å². The predicted octanol–water partition coefficient (Wildman–Crippen LogP) is 1.38. The van der Waals surface area contributed by atoms with E-state index in [1.165, 1.54) is 0 Å². The van der Waals surface area contributed by atoms with Crippen LogP contribution in [0.3, 0.4) is 0 Å². The highest BCUT2D eigenvalue weighted by Gasteiger charge is 2.08. The smallest absolute Gasteiger partial charge is 0.0985 e. The molecule has 2 aromatic rings. The number of nitrogens with two attached hydrogens (primary N) is 1. The minimum Gasteiger partial charge on any atom is -0.386 e. The number of hydrogen-bond donors (Lipinski definition) is 2. The van der Waals surface area contributed by atoms with E-state index in [1.54, 1.807) is 4.68 Å². The average molecular weight is 231 g/mol. The van der Waals surface area contributed by atoms with Gasteiger partial charge in [-0.05, 0) is 24.1 Å². The summed E-state index contributed by atoms with van der Waals surface area (Å²) in [5.41, 5.74) is 8.43. The molecule has 4 nitrogen and oxygen atoms in total. The van der Waals surface area contributed by atoms with Crippen LogP contribution in [0.2, 0.25) is 0 Å². The topological polar surface area (TPSA) is 64.1 Å². The first kappa shape index (κ1) is 11.8. The van der Waals surface area contributed by atoms with Crippen LogP contribution in [0.25, 0.3) is 0 Å². The predicted molar refractivity (Wildman–Crippen MR) is 66.3 cm³/mol. The Morgan fingerprint density at radius 2 is 2.00 bits per heavy atom. The quantitative estimate of drug-likeness (QED) is 0.835. The Kier molecular flexibility index (Phi) is 3.56. The van der Waals surface area contributed by atoms with Crippen molar-refractivity contribution in [1.29, 1.82) is 0 Å². The fourth-order valence-corrected chi connectivity index (χ4v) is 1.72. The maximum absolute atomic E-state index is 10.1. The van der Waals surface area contributed by atoms with Gasteiger partial charge < -0.3 is 10.8 Å². The zero-order chi connectivity index (χ0) is 12.3. The molecule has 17 heavy (non-hydrogen) atoms. The van der Waals surface area contributed by atoms with Crippen LogP contribution < -0.4 is 5.73 Å². The SMILES string of the molecule is Cc1ccn(CC(O)c2ccc(CN)cc2)n1. The Bertz CT molecular complexity index is 476. The molecule has 1 atom stereocenters. The summed E-state index contributed by atoms with van der Waals surface area (Å²) in [7, 11) is 0. The lowest BCUT2D eigenvalue weighted by atomic mass is 10.1. The van der Waals surface area contributed by atoms with Crippen LogP contribution >= 0.6 is 0 Å². The number of aryl methyl sites for hydroxylation is 1. The summed E-state index contributed by atoms with van der Waals surface area (Å²) in [4.78, 5) is 0. The molecule has 0 amide bonds. The van der Waals surface area contributed by atoms with E-state index in [0.717, 1.165) is 16.8 Å². The van der Waals surface area contributed by atoms with E-state index in [4.69, 9.17) is 5.73 Å². The fraction of sp³-hybridized carbons (Fsp3) is 0.308. The van der Waals surface area contributed by atoms with E-state index in [1.807, 2.05) is 43.5 Å². The molecule has 1 unspecified atom stereocenters. The third-order valence-corrected chi connectivity index (χ3v) is 2.73. The van der Waals surface area contributed by atoms with Crippen LogP contribution in [0.15, 0.2) is 36.5 Å². The van der Waals surface area contributed by atoms with Gasteiger partial charge in [-0.3, -0.25) is 4.68 Å². The minimum absolute atomic E-state index is 0.468. The zero-order valence-corrected chi connectivity index (χ0v) is 9.87. The number of aliphatic hydroxyl groups is 1. The number of rotatable bonds is 4. The van der Waals surface area contributed by atoms with Crippen molar-refractivity contribution in [2.24, 2.45) is 5.73 Å². The number of aliphatic hydroxyl groups excluding tert-OH is 1. The van der Waals surface area contributed by atoms with Gasteiger partial charge in [0.1, 0.15) is 0 Å². The molecular weight excluding hydrogens is 214 g/mol. The summed E-state index contributed by atoms with van der Waals surface area (Å²) in [5.74, 6) is 0. The van der Waals surface area contributed by atoms with E-state index in [2.05, 4.69) is 5.10 Å². The van der Waals surface area contributed by atoms with Gasteiger partial charge in [-0.25, -0.2) is 0 Å². The molecule has 0 saturated carbocycles. The summed E-state index contributed by atoms with van der Waals surface area (Å²) in [6, 6.07) is 9.61. The molecule has 0 saturated heterocycles. The lowest BCUT2D eigenvalue weighted by molar-refractivity contribution is 0.151. The summed E-state index contributed by atoms with van der Waals surface area (Å²) < 4.78 is 1.75. The van der Waals surface area contributed by atoms with Crippen molar-refractivity contribution in [3.63, 3.8) is 0 Å². The molecule has 0 bridgehead atoms. The molecule has 2 rings (SSSR count). The Morgan fingerprint density at radius 3 is 2.53 bits per heavy atom. The number of nitrogens with zero attached hydrogens (tertiary/aromatic N) is 2. The Labute approximate surface area is 101 Å². The molecule has 90 valence electrons. The molecule has 1 aromatic carbocycles.